The summed E-state index contributed by atoms with van der Waals surface area (Å²) in [5, 5.41) is 0. The molecule has 17 heavy (non-hydrogen) atoms. The van der Waals surface area contributed by atoms with Gasteiger partial charge in [-0.3, -0.25) is 0 Å². The lowest BCUT2D eigenvalue weighted by Gasteiger charge is -2.00. The van der Waals surface area contributed by atoms with E-state index in [1.165, 1.54) is 0 Å². The molecule has 0 atom stereocenters. The van der Waals surface area contributed by atoms with Crippen molar-refractivity contribution in [2.45, 2.75) is 6.61 Å². The second kappa shape index (κ2) is 6.38. The van der Waals surface area contributed by atoms with Gasteiger partial charge in [0.05, 0.1) is 0 Å². The molecule has 0 bridgehead atoms. The smallest absolute Gasteiger partial charge is 0.437 e. The number of amides is 1. The van der Waals surface area contributed by atoms with E-state index >= 15 is 0 Å². The third kappa shape index (κ3) is 5.42. The maximum Gasteiger partial charge on any atom is 0.437 e. The fourth-order valence-corrected chi connectivity index (χ4v) is 1.14. The number of carbonyl (C=O) groups excluding carboxylic acids is 1. The van der Waals surface area contributed by atoms with Crippen LogP contribution in [0.5, 0.6) is 0 Å². The second-order valence-corrected chi connectivity index (χ2v) is 3.44. The molecule has 0 aliphatic carbocycles. The van der Waals surface area contributed by atoms with Crippen molar-refractivity contribution in [3.05, 3.63) is 35.9 Å². The molecule has 1 aromatic carbocycles. The number of nitrogens with zero attached hydrogens (tertiary/aromatic N) is 2. The van der Waals surface area contributed by atoms with Crippen molar-refractivity contribution in [2.24, 2.45) is 15.1 Å². The van der Waals surface area contributed by atoms with Crippen LogP contribution in [0.1, 0.15) is 5.56 Å². The van der Waals surface area contributed by atoms with Crippen LogP contribution in [0.2, 0.25) is 0 Å². The van der Waals surface area contributed by atoms with E-state index in [0.29, 0.717) is 0 Å². The van der Waals surface area contributed by atoms with Gasteiger partial charge >= 0.3 is 16.6 Å². The molecule has 2 N–H and O–H groups in total. The highest BCUT2D eigenvalue weighted by Gasteiger charge is 2.02. The number of rotatable bonds is 2. The van der Waals surface area contributed by atoms with Gasteiger partial charge in [0.25, 0.3) is 0 Å². The maximum atomic E-state index is 11.1. The molecule has 0 fully saturated rings. The standard InChI is InChI=1S/C9H9N3O4S/c10-8(12-17(14)15)11-9(13)16-6-7-4-2-1-3-5-7/h1-5H,6H2,(H2,10,11,13). The highest BCUT2D eigenvalue weighted by molar-refractivity contribution is 7.62. The van der Waals surface area contributed by atoms with Gasteiger partial charge in [0.15, 0.2) is 0 Å². The van der Waals surface area contributed by atoms with Crippen LogP contribution in [0, 0.1) is 0 Å². The molecule has 1 rings (SSSR count). The summed E-state index contributed by atoms with van der Waals surface area (Å²) in [5.41, 5.74) is 5.81. The Morgan fingerprint density at radius 3 is 2.53 bits per heavy atom. The summed E-state index contributed by atoms with van der Waals surface area (Å²) in [7, 11) is -2.74. The normalized spacial score (nSPS) is 10.7. The molecule has 0 aromatic heterocycles. The van der Waals surface area contributed by atoms with Gasteiger partial charge in [0.2, 0.25) is 5.96 Å². The minimum atomic E-state index is -2.74. The van der Waals surface area contributed by atoms with E-state index in [2.05, 4.69) is 9.36 Å². The maximum absolute atomic E-state index is 11.1. The molecule has 0 aliphatic heterocycles. The zero-order valence-corrected chi connectivity index (χ0v) is 9.42. The Balaban J connectivity index is 2.54. The summed E-state index contributed by atoms with van der Waals surface area (Å²) >= 11 is 0. The quantitative estimate of drug-likeness (QED) is 0.617. The average molecular weight is 255 g/mol. The molecule has 1 aromatic rings. The number of guanidine groups is 1. The molecule has 0 radical (unpaired) electrons. The first-order chi connectivity index (χ1) is 8.08. The molecular weight excluding hydrogens is 246 g/mol. The molecule has 90 valence electrons. The molecular formula is C9H9N3O4S. The van der Waals surface area contributed by atoms with Gasteiger partial charge < -0.3 is 10.5 Å². The molecule has 1 amide bonds. The van der Waals surface area contributed by atoms with E-state index in [4.69, 9.17) is 10.5 Å². The second-order valence-electron chi connectivity index (χ2n) is 2.82. The molecule has 0 heterocycles. The Bertz CT molecular complexity index is 543. The van der Waals surface area contributed by atoms with Gasteiger partial charge in [-0.2, -0.15) is 8.42 Å². The van der Waals surface area contributed by atoms with Crippen LogP contribution < -0.4 is 5.73 Å². The van der Waals surface area contributed by atoms with E-state index in [1.807, 2.05) is 6.07 Å². The zero-order valence-electron chi connectivity index (χ0n) is 8.61. The van der Waals surface area contributed by atoms with Crippen LogP contribution in [0.15, 0.2) is 39.7 Å². The van der Waals surface area contributed by atoms with Crippen LogP contribution in [0.25, 0.3) is 0 Å². The van der Waals surface area contributed by atoms with Crippen molar-refractivity contribution in [3.8, 4) is 0 Å². The highest BCUT2D eigenvalue weighted by atomic mass is 32.2. The SMILES string of the molecule is NC(=NC(=O)OCc1ccccc1)N=S(=O)=O. The van der Waals surface area contributed by atoms with Crippen LogP contribution in [-0.4, -0.2) is 20.5 Å². The first-order valence-corrected chi connectivity index (χ1v) is 5.47. The van der Waals surface area contributed by atoms with E-state index in [0.717, 1.165) is 5.56 Å². The van der Waals surface area contributed by atoms with Gasteiger partial charge in [-0.25, -0.2) is 4.79 Å². The molecule has 8 heteroatoms. The van der Waals surface area contributed by atoms with Crippen molar-refractivity contribution < 1.29 is 17.9 Å². The average Bonchev–Trinajstić information content (AvgIpc) is 2.26. The Morgan fingerprint density at radius 1 is 1.29 bits per heavy atom. The van der Waals surface area contributed by atoms with Crippen molar-refractivity contribution in [1.82, 2.24) is 0 Å². The minimum Gasteiger partial charge on any atom is -0.443 e. The first-order valence-electron chi connectivity index (χ1n) is 4.44. The van der Waals surface area contributed by atoms with Gasteiger partial charge in [-0.1, -0.05) is 34.7 Å². The van der Waals surface area contributed by atoms with Crippen LogP contribution in [0.4, 0.5) is 4.79 Å². The first kappa shape index (κ1) is 12.8. The summed E-state index contributed by atoms with van der Waals surface area (Å²) in [4.78, 5) is 14.2. The van der Waals surface area contributed by atoms with E-state index in [1.54, 1.807) is 24.3 Å². The Hall–Kier alpha value is -2.22. The van der Waals surface area contributed by atoms with Crippen LogP contribution in [0.3, 0.4) is 0 Å². The van der Waals surface area contributed by atoms with E-state index in [9.17, 15) is 13.2 Å². The fraction of sp³-hybridized carbons (Fsp3) is 0.111. The summed E-state index contributed by atoms with van der Waals surface area (Å²) < 4.78 is 27.7. The lowest BCUT2D eigenvalue weighted by molar-refractivity contribution is 0.151. The number of ether oxygens (including phenoxy) is 1. The fourth-order valence-electron chi connectivity index (χ4n) is 0.942. The van der Waals surface area contributed by atoms with E-state index < -0.39 is 22.6 Å². The summed E-state index contributed by atoms with van der Waals surface area (Å²) in [6, 6.07) is 8.92. The van der Waals surface area contributed by atoms with Crippen molar-refractivity contribution >= 4 is 22.6 Å². The topological polar surface area (TPSA) is 111 Å². The molecule has 0 saturated carbocycles. The van der Waals surface area contributed by atoms with Gasteiger partial charge in [0, 0.05) is 0 Å². The Morgan fingerprint density at radius 2 is 1.94 bits per heavy atom. The number of aliphatic imine (C=N–C) groups is 1. The molecule has 0 aliphatic rings. The number of carbonyl (C=O) groups is 1. The highest BCUT2D eigenvalue weighted by Crippen LogP contribution is 2.01. The van der Waals surface area contributed by atoms with E-state index in [-0.39, 0.29) is 6.61 Å². The third-order valence-electron chi connectivity index (χ3n) is 1.58. The Kier molecular flexibility index (Phi) is 4.82. The van der Waals surface area contributed by atoms with Crippen LogP contribution in [-0.2, 0) is 21.8 Å². The van der Waals surface area contributed by atoms with Crippen molar-refractivity contribution in [1.29, 1.82) is 0 Å². The number of nitrogens with two attached hydrogens (primary N) is 1. The number of hydrogen-bond donors (Lipinski definition) is 1. The Labute approximate surface area is 98.6 Å². The van der Waals surface area contributed by atoms with Gasteiger partial charge in [-0.15, -0.1) is 4.99 Å². The molecule has 0 spiro atoms. The monoisotopic (exact) mass is 255 g/mol. The van der Waals surface area contributed by atoms with Gasteiger partial charge in [0.1, 0.15) is 6.61 Å². The predicted molar refractivity (Wildman–Crippen MR) is 59.6 cm³/mol. The summed E-state index contributed by atoms with van der Waals surface area (Å²) in [5.74, 6) is -0.670. The number of benzene rings is 1. The lowest BCUT2D eigenvalue weighted by Crippen LogP contribution is -2.12. The molecule has 0 saturated heterocycles. The van der Waals surface area contributed by atoms with Crippen LogP contribution >= 0.6 is 0 Å². The third-order valence-corrected chi connectivity index (χ3v) is 1.92. The lowest BCUT2D eigenvalue weighted by atomic mass is 10.2. The molecule has 0 unspecified atom stereocenters. The minimum absolute atomic E-state index is 0.0247. The predicted octanol–water partition coefficient (Wildman–Crippen LogP) is 0.701. The van der Waals surface area contributed by atoms with Crippen molar-refractivity contribution in [2.75, 3.05) is 0 Å². The van der Waals surface area contributed by atoms with Crippen molar-refractivity contribution in [3.63, 3.8) is 0 Å². The largest absolute Gasteiger partial charge is 0.443 e. The summed E-state index contributed by atoms with van der Waals surface area (Å²) in [6.45, 7) is 0.0247. The zero-order chi connectivity index (χ0) is 12.7. The summed E-state index contributed by atoms with van der Waals surface area (Å²) in [6.07, 6.45) is -0.999. The number of hydrogen-bond acceptors (Lipinski definition) is 4. The van der Waals surface area contributed by atoms with Gasteiger partial charge in [-0.05, 0) is 5.56 Å². The molecule has 7 nitrogen and oxygen atoms in total.